The van der Waals surface area contributed by atoms with Crippen molar-refractivity contribution in [3.05, 3.63) is 0 Å². The molecule has 0 aliphatic carbocycles. The van der Waals surface area contributed by atoms with Gasteiger partial charge in [0, 0.05) is 32.4 Å². The molecule has 366 valence electrons. The number of hydrogen-bond acceptors (Lipinski definition) is 14. The quantitative estimate of drug-likeness (QED) is 0.0382. The monoisotopic (exact) mass is 901 g/mol. The Morgan fingerprint density at radius 2 is 0.937 bits per heavy atom. The maximum atomic E-state index is 12.1. The summed E-state index contributed by atoms with van der Waals surface area (Å²) in [7, 11) is 0. The minimum absolute atomic E-state index is 0.0547. The van der Waals surface area contributed by atoms with Crippen LogP contribution in [0.2, 0.25) is 0 Å². The van der Waals surface area contributed by atoms with Crippen molar-refractivity contribution in [3.8, 4) is 23.7 Å². The Kier molecular flexibility index (Phi) is 41.6. The van der Waals surface area contributed by atoms with Gasteiger partial charge >= 0.3 is 0 Å². The van der Waals surface area contributed by atoms with Crippen LogP contribution >= 0.6 is 0 Å². The van der Waals surface area contributed by atoms with Crippen molar-refractivity contribution in [1.82, 2.24) is 10.6 Å². The lowest BCUT2D eigenvalue weighted by Gasteiger charge is -2.39. The Balaban J connectivity index is 1.75. The van der Waals surface area contributed by atoms with Gasteiger partial charge < -0.3 is 69.0 Å². The van der Waals surface area contributed by atoms with Gasteiger partial charge in [-0.05, 0) is 31.1 Å². The van der Waals surface area contributed by atoms with Crippen LogP contribution < -0.4 is 10.6 Å². The molecule has 0 unspecified atom stereocenters. The summed E-state index contributed by atoms with van der Waals surface area (Å²) in [6, 6.07) is 0. The van der Waals surface area contributed by atoms with E-state index >= 15 is 0 Å². The normalized spacial score (nSPS) is 18.3. The van der Waals surface area contributed by atoms with Crippen LogP contribution in [-0.4, -0.2) is 169 Å². The zero-order valence-corrected chi connectivity index (χ0v) is 38.5. The summed E-state index contributed by atoms with van der Waals surface area (Å²) in [6.07, 6.45) is 15.8. The second-order valence-corrected chi connectivity index (χ2v) is 15.5. The van der Waals surface area contributed by atoms with Crippen molar-refractivity contribution < 1.29 is 67.9 Å². The molecule has 0 aromatic heterocycles. The van der Waals surface area contributed by atoms with E-state index in [2.05, 4.69) is 41.2 Å². The van der Waals surface area contributed by atoms with E-state index < -0.39 is 37.3 Å². The summed E-state index contributed by atoms with van der Waals surface area (Å²) in [6.45, 7) is 6.15. The highest BCUT2D eigenvalue weighted by atomic mass is 16.7. The van der Waals surface area contributed by atoms with E-state index in [-0.39, 0.29) is 38.2 Å². The molecule has 2 amide bonds. The number of nitrogens with one attached hydrogen (secondary N) is 2. The van der Waals surface area contributed by atoms with Crippen molar-refractivity contribution in [1.29, 1.82) is 0 Å². The Morgan fingerprint density at radius 3 is 1.44 bits per heavy atom. The minimum atomic E-state index is -1.49. The summed E-state index contributed by atoms with van der Waals surface area (Å²) in [5.41, 5.74) is 0. The van der Waals surface area contributed by atoms with Crippen LogP contribution in [0.3, 0.4) is 0 Å². The van der Waals surface area contributed by atoms with Gasteiger partial charge in [-0.15, -0.1) is 0 Å². The predicted molar refractivity (Wildman–Crippen MR) is 240 cm³/mol. The molecule has 0 bridgehead atoms. The fraction of sp³-hybridized carbons (Fsp3) is 0.872. The number of unbranched alkanes of at least 4 members (excludes halogenated alkanes) is 16. The Labute approximate surface area is 378 Å². The molecule has 0 saturated carbocycles. The van der Waals surface area contributed by atoms with Gasteiger partial charge in [0.2, 0.25) is 11.8 Å². The number of amides is 2. The fourth-order valence-electron chi connectivity index (χ4n) is 6.36. The van der Waals surface area contributed by atoms with Crippen molar-refractivity contribution in [2.45, 2.75) is 160 Å². The van der Waals surface area contributed by atoms with E-state index in [1.807, 2.05) is 0 Å². The third-order valence-electron chi connectivity index (χ3n) is 10.1. The van der Waals surface area contributed by atoms with Crippen molar-refractivity contribution in [2.75, 3.05) is 106 Å². The molecule has 5 atom stereocenters. The topological polar surface area (TPSA) is 213 Å². The molecule has 63 heavy (non-hydrogen) atoms. The average Bonchev–Trinajstić information content (AvgIpc) is 3.28. The number of hydrogen-bond donors (Lipinski definition) is 6. The molecule has 1 heterocycles. The van der Waals surface area contributed by atoms with Crippen LogP contribution in [-0.2, 0) is 47.5 Å². The molecular formula is C47H84N2O14. The van der Waals surface area contributed by atoms with Gasteiger partial charge in [0.05, 0.1) is 85.9 Å². The Morgan fingerprint density at radius 1 is 0.508 bits per heavy atom. The van der Waals surface area contributed by atoms with E-state index in [1.165, 1.54) is 77.0 Å². The number of aliphatic hydroxyl groups is 4. The zero-order chi connectivity index (χ0) is 45.7. The highest BCUT2D eigenvalue weighted by molar-refractivity contribution is 5.77. The second-order valence-electron chi connectivity index (χ2n) is 15.5. The van der Waals surface area contributed by atoms with E-state index in [0.29, 0.717) is 79.0 Å². The molecular weight excluding hydrogens is 817 g/mol. The number of aliphatic hydroxyl groups excluding tert-OH is 4. The molecule has 1 aliphatic heterocycles. The summed E-state index contributed by atoms with van der Waals surface area (Å²) in [4.78, 5) is 24.0. The Hall–Kier alpha value is -2.42. The molecule has 1 aliphatic rings. The Bertz CT molecular complexity index is 1190. The third-order valence-corrected chi connectivity index (χ3v) is 10.1. The molecule has 16 heteroatoms. The van der Waals surface area contributed by atoms with Crippen LogP contribution in [0.1, 0.15) is 129 Å². The molecule has 16 nitrogen and oxygen atoms in total. The van der Waals surface area contributed by atoms with Gasteiger partial charge in [0.15, 0.2) is 6.29 Å². The van der Waals surface area contributed by atoms with Crippen LogP contribution in [0.5, 0.6) is 0 Å². The number of rotatable bonds is 43. The van der Waals surface area contributed by atoms with Crippen LogP contribution in [0, 0.1) is 23.7 Å². The van der Waals surface area contributed by atoms with Crippen molar-refractivity contribution in [3.63, 3.8) is 0 Å². The highest BCUT2D eigenvalue weighted by Crippen LogP contribution is 2.22. The predicted octanol–water partition coefficient (Wildman–Crippen LogP) is 3.57. The van der Waals surface area contributed by atoms with Gasteiger partial charge in [-0.1, -0.05) is 102 Å². The number of ether oxygens (including phenoxy) is 8. The maximum absolute atomic E-state index is 12.1. The largest absolute Gasteiger partial charge is 0.394 e. The average molecular weight is 901 g/mol. The first-order chi connectivity index (χ1) is 30.9. The molecule has 0 aromatic carbocycles. The van der Waals surface area contributed by atoms with Gasteiger partial charge in [0.25, 0.3) is 0 Å². The number of carbonyl (C=O) groups is 2. The smallest absolute Gasteiger partial charge is 0.246 e. The summed E-state index contributed by atoms with van der Waals surface area (Å²) < 4.78 is 43.1. The molecule has 0 aromatic rings. The number of carbonyl (C=O) groups excluding carboxylic acids is 2. The standard InChI is InChI=1S/C47H84N2O14/c1-2-3-4-5-6-7-8-9-10-11-12-13-14-15-16-17-18-19-20-21-22-23-24-42(51)48-25-27-56-30-32-59-35-36-61-40-43(52)49-26-28-57-29-31-58-33-34-60-37-38-62-47-46(55)45(54)44(53)41(39-50)63-47/h41,44-47,50,53-55H,2-12,17-40H2,1H3,(H,48,51)(H,49,52)/t41-,44-,45+,46+,47+/m1/s1. The molecule has 0 spiro atoms. The second kappa shape index (κ2) is 44.8. The zero-order valence-electron chi connectivity index (χ0n) is 38.5. The first-order valence-corrected chi connectivity index (χ1v) is 23.8. The van der Waals surface area contributed by atoms with E-state index in [1.54, 1.807) is 0 Å². The lowest BCUT2D eigenvalue weighted by Crippen LogP contribution is -2.59. The molecule has 6 N–H and O–H groups in total. The maximum Gasteiger partial charge on any atom is 0.246 e. The minimum Gasteiger partial charge on any atom is -0.394 e. The summed E-state index contributed by atoms with van der Waals surface area (Å²) in [5.74, 6) is 12.2. The van der Waals surface area contributed by atoms with Gasteiger partial charge in [0.1, 0.15) is 31.0 Å². The molecule has 1 saturated heterocycles. The van der Waals surface area contributed by atoms with Gasteiger partial charge in [-0.25, -0.2) is 0 Å². The summed E-state index contributed by atoms with van der Waals surface area (Å²) in [5, 5.41) is 44.3. The van der Waals surface area contributed by atoms with E-state index in [0.717, 1.165) is 38.5 Å². The van der Waals surface area contributed by atoms with E-state index in [4.69, 9.17) is 37.9 Å². The fourth-order valence-corrected chi connectivity index (χ4v) is 6.36. The molecule has 1 rings (SSSR count). The first kappa shape index (κ1) is 58.6. The van der Waals surface area contributed by atoms with Crippen LogP contribution in [0.15, 0.2) is 0 Å². The lowest BCUT2D eigenvalue weighted by molar-refractivity contribution is -0.302. The lowest BCUT2D eigenvalue weighted by atomic mass is 9.99. The van der Waals surface area contributed by atoms with Crippen LogP contribution in [0.4, 0.5) is 0 Å². The molecule has 1 fully saturated rings. The van der Waals surface area contributed by atoms with Crippen molar-refractivity contribution >= 4 is 11.8 Å². The SMILES string of the molecule is CCCCCCCCCCCCC#CC#CCCCCCCCCC(=O)NCCOCCOCCOCC(=O)NCCOCCOCCOCCO[C@H]1O[C@H](CO)[C@@H](O)[C@H](O)[C@@H]1O. The third kappa shape index (κ3) is 36.5. The van der Waals surface area contributed by atoms with Gasteiger partial charge in [-0.3, -0.25) is 9.59 Å². The van der Waals surface area contributed by atoms with Gasteiger partial charge in [-0.2, -0.15) is 0 Å². The first-order valence-electron chi connectivity index (χ1n) is 23.8. The summed E-state index contributed by atoms with van der Waals surface area (Å²) >= 11 is 0. The van der Waals surface area contributed by atoms with Crippen molar-refractivity contribution in [2.24, 2.45) is 0 Å². The molecule has 0 radical (unpaired) electrons. The highest BCUT2D eigenvalue weighted by Gasteiger charge is 2.43. The van der Waals surface area contributed by atoms with Crippen LogP contribution in [0.25, 0.3) is 0 Å². The van der Waals surface area contributed by atoms with E-state index in [9.17, 15) is 30.0 Å².